The van der Waals surface area contributed by atoms with Crippen molar-refractivity contribution in [3.05, 3.63) is 40.4 Å². The first-order valence-corrected chi connectivity index (χ1v) is 7.17. The Morgan fingerprint density at radius 1 is 1.43 bits per heavy atom. The highest BCUT2D eigenvalue weighted by Crippen LogP contribution is 2.21. The highest BCUT2D eigenvalue weighted by atomic mass is 32.1. The van der Waals surface area contributed by atoms with E-state index in [1.807, 2.05) is 24.3 Å². The van der Waals surface area contributed by atoms with E-state index in [2.05, 4.69) is 14.9 Å². The summed E-state index contributed by atoms with van der Waals surface area (Å²) >= 11 is 1.08. The van der Waals surface area contributed by atoms with Crippen LogP contribution in [0.25, 0.3) is 0 Å². The Bertz CT molecular complexity index is 615. The average molecular weight is 307 g/mol. The van der Waals surface area contributed by atoms with Gasteiger partial charge in [-0.15, -0.1) is 5.10 Å². The minimum atomic E-state index is -0.245. The number of rotatable bonds is 6. The Hall–Kier alpha value is -1.99. The van der Waals surface area contributed by atoms with Gasteiger partial charge in [0.2, 0.25) is 0 Å². The largest absolute Gasteiger partial charge is 0.497 e. The number of hydrogen-bond donors (Lipinski definition) is 1. The quantitative estimate of drug-likeness (QED) is 0.883. The average Bonchev–Trinajstić information content (AvgIpc) is 2.94. The van der Waals surface area contributed by atoms with Crippen molar-refractivity contribution in [1.82, 2.24) is 14.9 Å². The second-order valence-electron chi connectivity index (χ2n) is 4.40. The van der Waals surface area contributed by atoms with Crippen LogP contribution in [0, 0.1) is 6.92 Å². The fraction of sp³-hybridized carbons (Fsp3) is 0.357. The van der Waals surface area contributed by atoms with E-state index in [9.17, 15) is 4.79 Å². The fourth-order valence-electron chi connectivity index (χ4n) is 1.88. The maximum Gasteiger partial charge on any atom is 0.265 e. The zero-order valence-corrected chi connectivity index (χ0v) is 12.9. The number of ether oxygens (including phenoxy) is 2. The monoisotopic (exact) mass is 307 g/mol. The summed E-state index contributed by atoms with van der Waals surface area (Å²) in [7, 11) is 3.22. The Labute approximate surface area is 127 Å². The molecule has 0 radical (unpaired) electrons. The number of carbonyl (C=O) groups excluding carboxylic acids is 1. The topological polar surface area (TPSA) is 73.3 Å². The van der Waals surface area contributed by atoms with Crippen molar-refractivity contribution in [2.75, 3.05) is 20.8 Å². The van der Waals surface area contributed by atoms with Gasteiger partial charge in [0.05, 0.1) is 18.9 Å². The smallest absolute Gasteiger partial charge is 0.265 e. The van der Waals surface area contributed by atoms with Crippen molar-refractivity contribution in [3.63, 3.8) is 0 Å². The predicted molar refractivity (Wildman–Crippen MR) is 79.7 cm³/mol. The maximum atomic E-state index is 12.0. The molecule has 1 amide bonds. The molecule has 2 aromatic rings. The van der Waals surface area contributed by atoms with Gasteiger partial charge in [-0.1, -0.05) is 16.6 Å². The van der Waals surface area contributed by atoms with Crippen LogP contribution in [0.3, 0.4) is 0 Å². The van der Waals surface area contributed by atoms with Gasteiger partial charge < -0.3 is 14.8 Å². The van der Waals surface area contributed by atoms with Crippen LogP contribution in [-0.4, -0.2) is 36.3 Å². The van der Waals surface area contributed by atoms with E-state index in [0.717, 1.165) is 22.8 Å². The molecule has 1 N–H and O–H groups in total. The lowest BCUT2D eigenvalue weighted by molar-refractivity contribution is 0.0829. The van der Waals surface area contributed by atoms with Crippen LogP contribution in [0.4, 0.5) is 0 Å². The lowest BCUT2D eigenvalue weighted by Crippen LogP contribution is -2.29. The summed E-state index contributed by atoms with van der Waals surface area (Å²) < 4.78 is 14.4. The summed E-state index contributed by atoms with van der Waals surface area (Å²) in [5.41, 5.74) is 1.57. The Kier molecular flexibility index (Phi) is 5.24. The number of carbonyl (C=O) groups is 1. The Balaban J connectivity index is 2.02. The SMILES string of the molecule is COc1cccc([C@@H](CNC(=O)c2snnc2C)OC)c1. The Morgan fingerprint density at radius 2 is 2.24 bits per heavy atom. The van der Waals surface area contributed by atoms with E-state index in [1.54, 1.807) is 21.1 Å². The predicted octanol–water partition coefficient (Wildman–Crippen LogP) is 1.97. The minimum absolute atomic E-state index is 0.188. The third-order valence-electron chi connectivity index (χ3n) is 3.06. The third kappa shape index (κ3) is 3.77. The molecule has 0 aliphatic heterocycles. The minimum Gasteiger partial charge on any atom is -0.497 e. The summed E-state index contributed by atoms with van der Waals surface area (Å²) in [4.78, 5) is 12.6. The molecule has 0 saturated carbocycles. The molecule has 0 fully saturated rings. The van der Waals surface area contributed by atoms with Crippen LogP contribution in [0.2, 0.25) is 0 Å². The molecule has 0 bridgehead atoms. The van der Waals surface area contributed by atoms with Crippen LogP contribution in [-0.2, 0) is 4.74 Å². The van der Waals surface area contributed by atoms with Gasteiger partial charge in [-0.2, -0.15) is 0 Å². The van der Waals surface area contributed by atoms with E-state index in [1.165, 1.54) is 0 Å². The summed E-state index contributed by atoms with van der Waals surface area (Å²) in [5, 5.41) is 6.66. The van der Waals surface area contributed by atoms with Crippen LogP contribution in [0.1, 0.15) is 27.0 Å². The van der Waals surface area contributed by atoms with Gasteiger partial charge in [0.25, 0.3) is 5.91 Å². The van der Waals surface area contributed by atoms with E-state index < -0.39 is 0 Å². The molecule has 0 spiro atoms. The molecule has 7 heteroatoms. The van der Waals surface area contributed by atoms with Gasteiger partial charge in [-0.05, 0) is 36.2 Å². The van der Waals surface area contributed by atoms with E-state index >= 15 is 0 Å². The number of nitrogens with zero attached hydrogens (tertiary/aromatic N) is 2. The molecule has 112 valence electrons. The molecule has 21 heavy (non-hydrogen) atoms. The lowest BCUT2D eigenvalue weighted by Gasteiger charge is -2.17. The molecule has 2 rings (SSSR count). The molecule has 1 aromatic carbocycles. The van der Waals surface area contributed by atoms with Crippen molar-refractivity contribution in [2.45, 2.75) is 13.0 Å². The number of nitrogens with one attached hydrogen (secondary N) is 1. The summed E-state index contributed by atoms with van der Waals surface area (Å²) in [5.74, 6) is 0.566. The molecule has 0 saturated heterocycles. The zero-order chi connectivity index (χ0) is 15.2. The normalized spacial score (nSPS) is 12.0. The molecule has 0 aliphatic carbocycles. The number of benzene rings is 1. The van der Waals surface area contributed by atoms with Gasteiger partial charge in [-0.25, -0.2) is 0 Å². The molecule has 0 unspecified atom stereocenters. The van der Waals surface area contributed by atoms with E-state index in [4.69, 9.17) is 9.47 Å². The first-order chi connectivity index (χ1) is 10.2. The van der Waals surface area contributed by atoms with Crippen molar-refractivity contribution in [3.8, 4) is 5.75 Å². The van der Waals surface area contributed by atoms with Crippen LogP contribution in [0.15, 0.2) is 24.3 Å². The molecule has 6 nitrogen and oxygen atoms in total. The van der Waals surface area contributed by atoms with Crippen LogP contribution >= 0.6 is 11.5 Å². The van der Waals surface area contributed by atoms with Crippen LogP contribution < -0.4 is 10.1 Å². The Morgan fingerprint density at radius 3 is 2.86 bits per heavy atom. The van der Waals surface area contributed by atoms with Gasteiger partial charge >= 0.3 is 0 Å². The standard InChI is InChI=1S/C14H17N3O3S/c1-9-13(21-17-16-9)14(18)15-8-12(20-3)10-5-4-6-11(7-10)19-2/h4-7,12H,8H2,1-3H3,(H,15,18)/t12-/m1/s1. The van der Waals surface area contributed by atoms with Gasteiger partial charge in [0.1, 0.15) is 10.6 Å². The summed E-state index contributed by atoms with van der Waals surface area (Å²) in [6.45, 7) is 2.12. The summed E-state index contributed by atoms with van der Waals surface area (Å²) in [6.07, 6.45) is -0.245. The molecule has 1 aromatic heterocycles. The third-order valence-corrected chi connectivity index (χ3v) is 3.88. The first-order valence-electron chi connectivity index (χ1n) is 6.39. The van der Waals surface area contributed by atoms with Crippen molar-refractivity contribution >= 4 is 17.4 Å². The summed E-state index contributed by atoms with van der Waals surface area (Å²) in [6, 6.07) is 7.57. The zero-order valence-electron chi connectivity index (χ0n) is 12.1. The molecular formula is C14H17N3O3S. The molecule has 1 atom stereocenters. The van der Waals surface area contributed by atoms with Gasteiger partial charge in [0, 0.05) is 13.7 Å². The van der Waals surface area contributed by atoms with Crippen molar-refractivity contribution < 1.29 is 14.3 Å². The van der Waals surface area contributed by atoms with Crippen molar-refractivity contribution in [1.29, 1.82) is 0 Å². The van der Waals surface area contributed by atoms with E-state index in [-0.39, 0.29) is 12.0 Å². The van der Waals surface area contributed by atoms with Gasteiger partial charge in [0.15, 0.2) is 0 Å². The number of aromatic nitrogens is 2. The highest BCUT2D eigenvalue weighted by molar-refractivity contribution is 7.07. The van der Waals surface area contributed by atoms with Crippen molar-refractivity contribution in [2.24, 2.45) is 0 Å². The number of aryl methyl sites for hydroxylation is 1. The maximum absolute atomic E-state index is 12.0. The van der Waals surface area contributed by atoms with E-state index in [0.29, 0.717) is 17.1 Å². The fourth-order valence-corrected chi connectivity index (χ4v) is 2.46. The molecular weight excluding hydrogens is 290 g/mol. The number of methoxy groups -OCH3 is 2. The van der Waals surface area contributed by atoms with Gasteiger partial charge in [-0.3, -0.25) is 4.79 Å². The highest BCUT2D eigenvalue weighted by Gasteiger charge is 2.16. The molecule has 1 heterocycles. The number of hydrogen-bond acceptors (Lipinski definition) is 6. The second kappa shape index (κ2) is 7.14. The second-order valence-corrected chi connectivity index (χ2v) is 5.15. The lowest BCUT2D eigenvalue weighted by atomic mass is 10.1. The number of amides is 1. The first kappa shape index (κ1) is 15.4. The molecule has 0 aliphatic rings. The van der Waals surface area contributed by atoms with Crippen LogP contribution in [0.5, 0.6) is 5.75 Å².